The number of methoxy groups -OCH3 is 2. The van der Waals surface area contributed by atoms with Crippen molar-refractivity contribution < 1.29 is 14.0 Å². The van der Waals surface area contributed by atoms with Crippen LogP contribution in [0.1, 0.15) is 42.8 Å². The minimum absolute atomic E-state index is 0.290. The third kappa shape index (κ3) is 3.20. The molecule has 0 amide bonds. The lowest BCUT2D eigenvalue weighted by molar-refractivity contribution is 0.203. The Balaban J connectivity index is 1.81. The summed E-state index contributed by atoms with van der Waals surface area (Å²) >= 11 is 0. The van der Waals surface area contributed by atoms with Gasteiger partial charge in [-0.2, -0.15) is 0 Å². The second-order valence-corrected chi connectivity index (χ2v) is 5.86. The highest BCUT2D eigenvalue weighted by molar-refractivity contribution is 5.46. The summed E-state index contributed by atoms with van der Waals surface area (Å²) in [6.45, 7) is 3.95. The van der Waals surface area contributed by atoms with Crippen molar-refractivity contribution in [2.75, 3.05) is 20.8 Å². The first-order valence-electron chi connectivity index (χ1n) is 8.16. The summed E-state index contributed by atoms with van der Waals surface area (Å²) < 4.78 is 16.5. The van der Waals surface area contributed by atoms with Gasteiger partial charge >= 0.3 is 0 Å². The normalized spacial score (nSPS) is 18.3. The zero-order chi connectivity index (χ0) is 16.2. The van der Waals surface area contributed by atoms with E-state index in [0.29, 0.717) is 6.04 Å². The lowest BCUT2D eigenvalue weighted by atomic mass is 10.1. The molecule has 1 atom stereocenters. The van der Waals surface area contributed by atoms with Gasteiger partial charge in [0.05, 0.1) is 26.0 Å². The Morgan fingerprint density at radius 1 is 1.30 bits per heavy atom. The first-order chi connectivity index (χ1) is 11.3. The Kier molecular flexibility index (Phi) is 4.86. The maximum atomic E-state index is 5.56. The summed E-state index contributed by atoms with van der Waals surface area (Å²) in [7, 11) is 3.36. The molecular formula is C18H24N2O3. The Bertz CT molecular complexity index is 653. The summed E-state index contributed by atoms with van der Waals surface area (Å²) in [6, 6.07) is 8.40. The van der Waals surface area contributed by atoms with Crippen LogP contribution in [0.3, 0.4) is 0 Å². The fraction of sp³-hybridized carbons (Fsp3) is 0.500. The number of aryl methyl sites for hydroxylation is 1. The zero-order valence-corrected chi connectivity index (χ0v) is 14.0. The summed E-state index contributed by atoms with van der Waals surface area (Å²) in [4.78, 5) is 2.43. The molecular weight excluding hydrogens is 292 g/mol. The third-order valence-corrected chi connectivity index (χ3v) is 4.49. The van der Waals surface area contributed by atoms with Gasteiger partial charge in [0.2, 0.25) is 0 Å². The van der Waals surface area contributed by atoms with Gasteiger partial charge in [-0.3, -0.25) is 4.90 Å². The first-order valence-corrected chi connectivity index (χ1v) is 8.16. The smallest absolute Gasteiger partial charge is 0.165 e. The van der Waals surface area contributed by atoms with E-state index in [4.69, 9.17) is 14.0 Å². The van der Waals surface area contributed by atoms with E-state index >= 15 is 0 Å². The van der Waals surface area contributed by atoms with Gasteiger partial charge in [0.15, 0.2) is 17.3 Å². The van der Waals surface area contributed by atoms with Crippen molar-refractivity contribution in [1.29, 1.82) is 0 Å². The zero-order valence-electron chi connectivity index (χ0n) is 14.0. The van der Waals surface area contributed by atoms with Gasteiger partial charge in [-0.1, -0.05) is 24.2 Å². The van der Waals surface area contributed by atoms with E-state index in [1.54, 1.807) is 14.2 Å². The Hall–Kier alpha value is -2.01. The van der Waals surface area contributed by atoms with E-state index in [-0.39, 0.29) is 0 Å². The average molecular weight is 316 g/mol. The Labute approximate surface area is 137 Å². The molecule has 0 radical (unpaired) electrons. The van der Waals surface area contributed by atoms with Gasteiger partial charge in [0.25, 0.3) is 0 Å². The number of hydrogen-bond acceptors (Lipinski definition) is 5. The van der Waals surface area contributed by atoms with Gasteiger partial charge < -0.3 is 14.0 Å². The standard InChI is InChI=1S/C18H24N2O3/c1-4-14-11-17(23-19-14)15-8-6-10-20(15)12-13-7-5-9-16(21-2)18(13)22-3/h5,7,9,11,15H,4,6,8,10,12H2,1-3H3/t15-/m0/s1. The number of rotatable bonds is 6. The molecule has 0 bridgehead atoms. The third-order valence-electron chi connectivity index (χ3n) is 4.49. The van der Waals surface area contributed by atoms with Crippen LogP contribution in [0.2, 0.25) is 0 Å². The molecule has 5 nitrogen and oxygen atoms in total. The molecule has 0 N–H and O–H groups in total. The molecule has 1 aromatic heterocycles. The van der Waals surface area contributed by atoms with E-state index in [1.807, 2.05) is 12.1 Å². The fourth-order valence-corrected chi connectivity index (χ4v) is 3.29. The van der Waals surface area contributed by atoms with Crippen LogP contribution in [0.25, 0.3) is 0 Å². The molecule has 0 spiro atoms. The number of likely N-dealkylation sites (tertiary alicyclic amines) is 1. The molecule has 0 aliphatic carbocycles. The van der Waals surface area contributed by atoms with Crippen molar-refractivity contribution in [3.63, 3.8) is 0 Å². The maximum Gasteiger partial charge on any atom is 0.165 e. The predicted molar refractivity (Wildman–Crippen MR) is 87.8 cm³/mol. The maximum absolute atomic E-state index is 5.56. The van der Waals surface area contributed by atoms with E-state index in [2.05, 4.69) is 29.1 Å². The van der Waals surface area contributed by atoms with Crippen LogP contribution < -0.4 is 9.47 Å². The number of aromatic nitrogens is 1. The van der Waals surface area contributed by atoms with Crippen molar-refractivity contribution in [2.24, 2.45) is 0 Å². The minimum Gasteiger partial charge on any atom is -0.493 e. The molecule has 2 heterocycles. The number of hydrogen-bond donors (Lipinski definition) is 0. The number of benzene rings is 1. The van der Waals surface area contributed by atoms with Crippen LogP contribution in [0.15, 0.2) is 28.8 Å². The van der Waals surface area contributed by atoms with Gasteiger partial charge in [-0.25, -0.2) is 0 Å². The largest absolute Gasteiger partial charge is 0.493 e. The van der Waals surface area contributed by atoms with Crippen LogP contribution in [0, 0.1) is 0 Å². The quantitative estimate of drug-likeness (QED) is 0.815. The number of nitrogens with zero attached hydrogens (tertiary/aromatic N) is 2. The van der Waals surface area contributed by atoms with Crippen molar-refractivity contribution in [1.82, 2.24) is 10.1 Å². The molecule has 1 fully saturated rings. The summed E-state index contributed by atoms with van der Waals surface area (Å²) in [5.74, 6) is 2.56. The molecule has 0 saturated carbocycles. The molecule has 1 saturated heterocycles. The molecule has 1 aliphatic heterocycles. The monoisotopic (exact) mass is 316 g/mol. The Morgan fingerprint density at radius 3 is 2.87 bits per heavy atom. The van der Waals surface area contributed by atoms with Crippen molar-refractivity contribution >= 4 is 0 Å². The van der Waals surface area contributed by atoms with Crippen molar-refractivity contribution in [3.05, 3.63) is 41.3 Å². The SMILES string of the molecule is CCc1cc([C@@H]2CCCN2Cc2cccc(OC)c2OC)on1. The van der Waals surface area contributed by atoms with E-state index < -0.39 is 0 Å². The van der Waals surface area contributed by atoms with Crippen molar-refractivity contribution in [3.8, 4) is 11.5 Å². The van der Waals surface area contributed by atoms with Crippen LogP contribution in [-0.2, 0) is 13.0 Å². The highest BCUT2D eigenvalue weighted by Gasteiger charge is 2.30. The highest BCUT2D eigenvalue weighted by atomic mass is 16.5. The van der Waals surface area contributed by atoms with Crippen LogP contribution in [0.4, 0.5) is 0 Å². The number of ether oxygens (including phenoxy) is 2. The summed E-state index contributed by atoms with van der Waals surface area (Å²) in [6.07, 6.45) is 3.17. The van der Waals surface area contributed by atoms with Gasteiger partial charge in [-0.05, 0) is 31.9 Å². The predicted octanol–water partition coefficient (Wildman–Crippen LogP) is 3.59. The lowest BCUT2D eigenvalue weighted by Crippen LogP contribution is -2.22. The van der Waals surface area contributed by atoms with Gasteiger partial charge in [-0.15, -0.1) is 0 Å². The Morgan fingerprint density at radius 2 is 2.17 bits per heavy atom. The molecule has 3 rings (SSSR count). The van der Waals surface area contributed by atoms with Crippen LogP contribution in [0.5, 0.6) is 11.5 Å². The second-order valence-electron chi connectivity index (χ2n) is 5.86. The van der Waals surface area contributed by atoms with Crippen LogP contribution >= 0.6 is 0 Å². The molecule has 5 heteroatoms. The molecule has 2 aromatic rings. The van der Waals surface area contributed by atoms with E-state index in [9.17, 15) is 0 Å². The fourth-order valence-electron chi connectivity index (χ4n) is 3.29. The average Bonchev–Trinajstić information content (AvgIpc) is 3.23. The summed E-state index contributed by atoms with van der Waals surface area (Å²) in [5.41, 5.74) is 2.15. The molecule has 124 valence electrons. The van der Waals surface area contributed by atoms with E-state index in [1.165, 1.54) is 6.42 Å². The second kappa shape index (κ2) is 7.04. The van der Waals surface area contributed by atoms with Gasteiger partial charge in [0, 0.05) is 18.2 Å². The van der Waals surface area contributed by atoms with Crippen LogP contribution in [-0.4, -0.2) is 30.8 Å². The highest BCUT2D eigenvalue weighted by Crippen LogP contribution is 2.37. The number of para-hydroxylation sites is 1. The first kappa shape index (κ1) is 15.9. The van der Waals surface area contributed by atoms with E-state index in [0.717, 1.165) is 54.4 Å². The molecule has 1 aliphatic rings. The molecule has 0 unspecified atom stereocenters. The minimum atomic E-state index is 0.290. The molecule has 1 aromatic carbocycles. The topological polar surface area (TPSA) is 47.7 Å². The summed E-state index contributed by atoms with van der Waals surface area (Å²) in [5, 5.41) is 4.14. The molecule has 23 heavy (non-hydrogen) atoms. The van der Waals surface area contributed by atoms with Gasteiger partial charge in [0.1, 0.15) is 0 Å². The lowest BCUT2D eigenvalue weighted by Gasteiger charge is -2.23. The van der Waals surface area contributed by atoms with Crippen molar-refractivity contribution in [2.45, 2.75) is 38.8 Å².